The Morgan fingerprint density at radius 1 is 1.15 bits per heavy atom. The number of anilines is 1. The summed E-state index contributed by atoms with van der Waals surface area (Å²) in [6, 6.07) is 1.21. The third-order valence-corrected chi connectivity index (χ3v) is 6.20. The van der Waals surface area contributed by atoms with Crippen LogP contribution in [0.5, 0.6) is 0 Å². The molecule has 3 aromatic heterocycles. The molecule has 0 saturated carbocycles. The van der Waals surface area contributed by atoms with Gasteiger partial charge in [0, 0.05) is 57.4 Å². The molecule has 0 spiro atoms. The Hall–Kier alpha value is -4.54. The maximum atomic E-state index is 12.9. The summed E-state index contributed by atoms with van der Waals surface area (Å²) < 4.78 is 2.98. The number of fused-ring (bicyclic) bond motifs is 1. The lowest BCUT2D eigenvalue weighted by Gasteiger charge is -2.43. The molecule has 5 rings (SSSR count). The number of nitrogens with one attached hydrogen (secondary N) is 1. The van der Waals surface area contributed by atoms with Crippen LogP contribution in [0.15, 0.2) is 34.5 Å². The minimum Gasteiger partial charge on any atom is -0.347 e. The van der Waals surface area contributed by atoms with E-state index in [2.05, 4.69) is 20.2 Å². The van der Waals surface area contributed by atoms with Crippen molar-refractivity contribution in [3.8, 4) is 6.07 Å². The van der Waals surface area contributed by atoms with Crippen molar-refractivity contribution in [3.63, 3.8) is 0 Å². The molecule has 2 fully saturated rings. The molecule has 3 aromatic rings. The molecular weight excluding hydrogens is 444 g/mol. The predicted molar refractivity (Wildman–Crippen MR) is 116 cm³/mol. The lowest BCUT2D eigenvalue weighted by atomic mass is 10.1. The van der Waals surface area contributed by atoms with Crippen molar-refractivity contribution >= 4 is 23.3 Å². The summed E-state index contributed by atoms with van der Waals surface area (Å²) in [5.74, 6) is -0.586. The number of carbonyl (C=O) groups is 2. The maximum Gasteiger partial charge on any atom is 0.328 e. The zero-order valence-electron chi connectivity index (χ0n) is 18.2. The molecular formula is C20H20N10O4. The highest BCUT2D eigenvalue weighted by molar-refractivity contribution is 6.35. The number of aromatic nitrogens is 6. The Bertz CT molecular complexity index is 1440. The van der Waals surface area contributed by atoms with Gasteiger partial charge in [-0.3, -0.25) is 28.3 Å². The number of carbonyl (C=O) groups excluding carboxylic acids is 2. The van der Waals surface area contributed by atoms with Crippen LogP contribution in [-0.2, 0) is 9.59 Å². The number of piperazine rings is 1. The second kappa shape index (κ2) is 8.10. The standard InChI is InChI=1S/C20H20N10O4/c1-12-7-26(4-5-29(12)15-16-25-23-11-27(16)3-2-22-15)18(32)19(33)28-9-14(10-28)30-8-13(6-21)17(31)24-20(30)34/h2-3,8,11-12,14H,4-5,7,9-10H2,1H3,(H,24,31,34). The summed E-state index contributed by atoms with van der Waals surface area (Å²) in [5, 5.41) is 17.0. The zero-order valence-corrected chi connectivity index (χ0v) is 18.2. The third-order valence-electron chi connectivity index (χ3n) is 6.20. The molecule has 174 valence electrons. The van der Waals surface area contributed by atoms with Gasteiger partial charge in [-0.2, -0.15) is 5.26 Å². The topological polar surface area (TPSA) is 166 Å². The lowest BCUT2D eigenvalue weighted by Crippen LogP contribution is -2.60. The number of amides is 2. The maximum absolute atomic E-state index is 12.9. The monoisotopic (exact) mass is 464 g/mol. The number of hydrogen-bond acceptors (Lipinski definition) is 9. The highest BCUT2D eigenvalue weighted by Crippen LogP contribution is 2.23. The van der Waals surface area contributed by atoms with Crippen LogP contribution in [0.1, 0.15) is 18.5 Å². The normalized spacial score (nSPS) is 18.6. The second-order valence-corrected chi connectivity index (χ2v) is 8.29. The van der Waals surface area contributed by atoms with E-state index in [0.717, 1.165) is 0 Å². The molecule has 0 aliphatic carbocycles. The molecule has 0 radical (unpaired) electrons. The van der Waals surface area contributed by atoms with Crippen molar-refractivity contribution in [3.05, 3.63) is 51.3 Å². The van der Waals surface area contributed by atoms with E-state index in [1.807, 2.05) is 11.8 Å². The molecule has 0 bridgehead atoms. The third kappa shape index (κ3) is 3.47. The molecule has 2 aliphatic rings. The molecule has 0 aromatic carbocycles. The Morgan fingerprint density at radius 2 is 1.91 bits per heavy atom. The number of aromatic amines is 1. The van der Waals surface area contributed by atoms with E-state index >= 15 is 0 Å². The fourth-order valence-corrected chi connectivity index (χ4v) is 4.31. The van der Waals surface area contributed by atoms with Gasteiger partial charge in [0.15, 0.2) is 5.82 Å². The Kier molecular flexibility index (Phi) is 5.08. The average molecular weight is 464 g/mol. The van der Waals surface area contributed by atoms with Crippen LogP contribution in [0.3, 0.4) is 0 Å². The van der Waals surface area contributed by atoms with Crippen molar-refractivity contribution < 1.29 is 9.59 Å². The van der Waals surface area contributed by atoms with Gasteiger partial charge in [0.2, 0.25) is 5.65 Å². The van der Waals surface area contributed by atoms with Gasteiger partial charge < -0.3 is 14.7 Å². The summed E-state index contributed by atoms with van der Waals surface area (Å²) in [7, 11) is 0. The van der Waals surface area contributed by atoms with Crippen molar-refractivity contribution in [2.75, 3.05) is 37.6 Å². The molecule has 2 aliphatic heterocycles. The lowest BCUT2D eigenvalue weighted by molar-refractivity contribution is -0.155. The zero-order chi connectivity index (χ0) is 24.0. The molecule has 1 N–H and O–H groups in total. The van der Waals surface area contributed by atoms with Gasteiger partial charge in [-0.15, -0.1) is 10.2 Å². The molecule has 14 heteroatoms. The van der Waals surface area contributed by atoms with Gasteiger partial charge >= 0.3 is 17.5 Å². The van der Waals surface area contributed by atoms with Crippen LogP contribution in [0.25, 0.3) is 5.65 Å². The van der Waals surface area contributed by atoms with Crippen LogP contribution in [0.4, 0.5) is 5.82 Å². The molecule has 14 nitrogen and oxygen atoms in total. The summed E-state index contributed by atoms with van der Waals surface area (Å²) in [4.78, 5) is 60.6. The van der Waals surface area contributed by atoms with E-state index in [-0.39, 0.29) is 24.7 Å². The van der Waals surface area contributed by atoms with Crippen LogP contribution in [0.2, 0.25) is 0 Å². The number of likely N-dealkylation sites (tertiary alicyclic amines) is 1. The smallest absolute Gasteiger partial charge is 0.328 e. The number of nitrogens with zero attached hydrogens (tertiary/aromatic N) is 9. The number of H-pyrrole nitrogens is 1. The van der Waals surface area contributed by atoms with Crippen molar-refractivity contribution in [1.29, 1.82) is 5.26 Å². The van der Waals surface area contributed by atoms with Gasteiger partial charge in [-0.25, -0.2) is 9.78 Å². The van der Waals surface area contributed by atoms with Crippen molar-refractivity contribution in [1.82, 2.24) is 38.9 Å². The Morgan fingerprint density at radius 3 is 2.65 bits per heavy atom. The first-order chi connectivity index (χ1) is 16.4. The largest absolute Gasteiger partial charge is 0.347 e. The van der Waals surface area contributed by atoms with Gasteiger partial charge in [-0.1, -0.05) is 0 Å². The highest BCUT2D eigenvalue weighted by Gasteiger charge is 2.39. The van der Waals surface area contributed by atoms with E-state index in [4.69, 9.17) is 5.26 Å². The van der Waals surface area contributed by atoms with Crippen LogP contribution in [-0.4, -0.2) is 89.5 Å². The van der Waals surface area contributed by atoms with E-state index in [9.17, 15) is 19.2 Å². The first-order valence-corrected chi connectivity index (χ1v) is 10.6. The molecule has 1 unspecified atom stereocenters. The first-order valence-electron chi connectivity index (χ1n) is 10.6. The molecule has 2 saturated heterocycles. The van der Waals surface area contributed by atoms with E-state index in [1.165, 1.54) is 20.6 Å². The van der Waals surface area contributed by atoms with E-state index < -0.39 is 29.1 Å². The Balaban J connectivity index is 1.22. The summed E-state index contributed by atoms with van der Waals surface area (Å²) >= 11 is 0. The number of hydrogen-bond donors (Lipinski definition) is 1. The van der Waals surface area contributed by atoms with Gasteiger partial charge in [0.05, 0.1) is 6.04 Å². The molecule has 2 amide bonds. The van der Waals surface area contributed by atoms with Crippen LogP contribution in [0, 0.1) is 11.3 Å². The highest BCUT2D eigenvalue weighted by atomic mass is 16.2. The van der Waals surface area contributed by atoms with Gasteiger partial charge in [0.1, 0.15) is 18.0 Å². The Labute approximate surface area is 191 Å². The van der Waals surface area contributed by atoms with Crippen LogP contribution >= 0.6 is 0 Å². The van der Waals surface area contributed by atoms with E-state index in [0.29, 0.717) is 31.1 Å². The van der Waals surface area contributed by atoms with Crippen molar-refractivity contribution in [2.45, 2.75) is 19.0 Å². The van der Waals surface area contributed by atoms with E-state index in [1.54, 1.807) is 29.2 Å². The number of nitriles is 1. The van der Waals surface area contributed by atoms with Crippen LogP contribution < -0.4 is 16.1 Å². The molecule has 5 heterocycles. The van der Waals surface area contributed by atoms with Crippen molar-refractivity contribution in [2.24, 2.45) is 0 Å². The predicted octanol–water partition coefficient (Wildman–Crippen LogP) is -2.03. The minimum absolute atomic E-state index is 0.103. The molecule has 34 heavy (non-hydrogen) atoms. The minimum atomic E-state index is -0.755. The SMILES string of the molecule is CC1CN(C(=O)C(=O)N2CC(n3cc(C#N)c(=O)[nH]c3=O)C2)CCN1c1nccn2cnnc12. The second-order valence-electron chi connectivity index (χ2n) is 8.29. The van der Waals surface area contributed by atoms with Gasteiger partial charge in [0.25, 0.3) is 5.56 Å². The quantitative estimate of drug-likeness (QED) is 0.421. The average Bonchev–Trinajstić information content (AvgIpc) is 3.28. The summed E-state index contributed by atoms with van der Waals surface area (Å²) in [6.07, 6.45) is 6.18. The summed E-state index contributed by atoms with van der Waals surface area (Å²) in [5.41, 5.74) is -0.985. The first kappa shape index (κ1) is 21.3. The fourth-order valence-electron chi connectivity index (χ4n) is 4.31. The number of rotatable bonds is 2. The molecule has 1 atom stereocenters. The fraction of sp³-hybridized carbons (Fsp3) is 0.400. The summed E-state index contributed by atoms with van der Waals surface area (Å²) in [6.45, 7) is 3.37. The van der Waals surface area contributed by atoms with Gasteiger partial charge in [-0.05, 0) is 6.92 Å².